The number of aryl methyl sites for hydroxylation is 1. The molecular formula is C23H32F3N7. The average molecular weight is 464 g/mol. The quantitative estimate of drug-likeness (QED) is 0.453. The number of piperidine rings is 1. The molecule has 0 aliphatic carbocycles. The summed E-state index contributed by atoms with van der Waals surface area (Å²) in [6.07, 6.45) is -1.02. The van der Waals surface area contributed by atoms with Gasteiger partial charge in [-0.25, -0.2) is 9.97 Å². The molecule has 0 atom stereocenters. The summed E-state index contributed by atoms with van der Waals surface area (Å²) in [7, 11) is 0. The standard InChI is InChI=1S/C21H26F3N7.C2H6/c1-12(2)27-19-26-11-17-18(30-19)31(15-6-8-25-9-7-15)20(29-17)28-14-5-4-13(3)16(10-14)21(22,23)24;1-2/h4-5,10-12,15,25H,6-9H2,1-3H3,(H,28,29)(H,26,27,30);1-2H3. The van der Waals surface area contributed by atoms with Crippen LogP contribution in [0.2, 0.25) is 0 Å². The zero-order chi connectivity index (χ0) is 24.2. The van der Waals surface area contributed by atoms with Gasteiger partial charge in [-0.15, -0.1) is 0 Å². The first-order chi connectivity index (χ1) is 15.7. The van der Waals surface area contributed by atoms with E-state index in [1.807, 2.05) is 32.3 Å². The zero-order valence-corrected chi connectivity index (χ0v) is 19.7. The normalized spacial score (nSPS) is 14.8. The van der Waals surface area contributed by atoms with Crippen molar-refractivity contribution in [3.63, 3.8) is 0 Å². The first-order valence-corrected chi connectivity index (χ1v) is 11.4. The van der Waals surface area contributed by atoms with Crippen molar-refractivity contribution in [2.24, 2.45) is 0 Å². The van der Waals surface area contributed by atoms with E-state index in [2.05, 4.69) is 30.9 Å². The molecule has 7 nitrogen and oxygen atoms in total. The third-order valence-corrected chi connectivity index (χ3v) is 5.32. The third kappa shape index (κ3) is 5.73. The highest BCUT2D eigenvalue weighted by atomic mass is 19.4. The smallest absolute Gasteiger partial charge is 0.352 e. The molecule has 0 unspecified atom stereocenters. The Hall–Kier alpha value is -2.88. The minimum absolute atomic E-state index is 0.128. The van der Waals surface area contributed by atoms with E-state index in [0.717, 1.165) is 32.0 Å². The molecule has 4 rings (SSSR count). The zero-order valence-electron chi connectivity index (χ0n) is 19.7. The Morgan fingerprint density at radius 3 is 2.45 bits per heavy atom. The lowest BCUT2D eigenvalue weighted by Gasteiger charge is -2.26. The Morgan fingerprint density at radius 1 is 1.12 bits per heavy atom. The van der Waals surface area contributed by atoms with Gasteiger partial charge in [-0.2, -0.15) is 18.2 Å². The number of nitrogens with one attached hydrogen (secondary N) is 3. The molecule has 2 aromatic heterocycles. The molecule has 0 amide bonds. The van der Waals surface area contributed by atoms with E-state index in [4.69, 9.17) is 0 Å². The summed E-state index contributed by atoms with van der Waals surface area (Å²) in [5.41, 5.74) is 1.11. The van der Waals surface area contributed by atoms with Crippen LogP contribution in [0.15, 0.2) is 24.4 Å². The number of fused-ring (bicyclic) bond motifs is 1. The summed E-state index contributed by atoms with van der Waals surface area (Å²) in [6, 6.07) is 4.52. The fourth-order valence-corrected chi connectivity index (χ4v) is 3.85. The summed E-state index contributed by atoms with van der Waals surface area (Å²) in [5, 5.41) is 9.64. The Morgan fingerprint density at radius 2 is 1.82 bits per heavy atom. The lowest BCUT2D eigenvalue weighted by atomic mass is 10.1. The van der Waals surface area contributed by atoms with Gasteiger partial charge in [-0.3, -0.25) is 4.57 Å². The molecule has 10 heteroatoms. The van der Waals surface area contributed by atoms with Crippen LogP contribution in [0.5, 0.6) is 0 Å². The van der Waals surface area contributed by atoms with E-state index in [1.165, 1.54) is 13.0 Å². The van der Waals surface area contributed by atoms with Gasteiger partial charge in [0.1, 0.15) is 5.52 Å². The summed E-state index contributed by atoms with van der Waals surface area (Å²) in [5.74, 6) is 0.966. The minimum Gasteiger partial charge on any atom is -0.352 e. The number of aromatic nitrogens is 4. The van der Waals surface area contributed by atoms with Crippen LogP contribution in [0.3, 0.4) is 0 Å². The summed E-state index contributed by atoms with van der Waals surface area (Å²) in [4.78, 5) is 13.6. The van der Waals surface area contributed by atoms with Crippen molar-refractivity contribution in [3.8, 4) is 0 Å². The van der Waals surface area contributed by atoms with Gasteiger partial charge in [0, 0.05) is 17.8 Å². The molecule has 1 aliphatic heterocycles. The molecule has 1 fully saturated rings. The van der Waals surface area contributed by atoms with Crippen molar-refractivity contribution < 1.29 is 13.2 Å². The van der Waals surface area contributed by atoms with Gasteiger partial charge in [0.25, 0.3) is 0 Å². The van der Waals surface area contributed by atoms with Crippen molar-refractivity contribution >= 4 is 28.7 Å². The average Bonchev–Trinajstić information content (AvgIpc) is 3.13. The van der Waals surface area contributed by atoms with E-state index >= 15 is 0 Å². The van der Waals surface area contributed by atoms with Crippen LogP contribution < -0.4 is 16.0 Å². The summed E-state index contributed by atoms with van der Waals surface area (Å²) < 4.78 is 42.1. The maximum Gasteiger partial charge on any atom is 0.416 e. The number of halogens is 3. The molecular weight excluding hydrogens is 431 g/mol. The fourth-order valence-electron chi connectivity index (χ4n) is 3.85. The van der Waals surface area contributed by atoms with Crippen molar-refractivity contribution in [1.29, 1.82) is 0 Å². The van der Waals surface area contributed by atoms with Gasteiger partial charge in [-0.1, -0.05) is 19.9 Å². The van der Waals surface area contributed by atoms with Gasteiger partial charge in [-0.05, 0) is 64.4 Å². The molecule has 1 aliphatic rings. The largest absolute Gasteiger partial charge is 0.416 e. The lowest BCUT2D eigenvalue weighted by molar-refractivity contribution is -0.138. The van der Waals surface area contributed by atoms with Crippen molar-refractivity contribution in [1.82, 2.24) is 24.8 Å². The molecule has 3 N–H and O–H groups in total. The van der Waals surface area contributed by atoms with Gasteiger partial charge in [0.05, 0.1) is 11.8 Å². The van der Waals surface area contributed by atoms with Crippen molar-refractivity contribution in [2.45, 2.75) is 65.7 Å². The summed E-state index contributed by atoms with van der Waals surface area (Å²) in [6.45, 7) is 11.2. The number of benzene rings is 1. The first kappa shape index (κ1) is 24.8. The van der Waals surface area contributed by atoms with E-state index < -0.39 is 11.7 Å². The highest BCUT2D eigenvalue weighted by Gasteiger charge is 2.32. The Labute approximate surface area is 192 Å². The SMILES string of the molecule is CC.Cc1ccc(Nc2nc3cnc(NC(C)C)nc3n2C2CCNCC2)cc1C(F)(F)F. The molecule has 33 heavy (non-hydrogen) atoms. The second-order valence-corrected chi connectivity index (χ2v) is 8.14. The highest BCUT2D eigenvalue weighted by molar-refractivity contribution is 5.76. The maximum atomic E-state index is 13.4. The van der Waals surface area contributed by atoms with Crippen LogP contribution in [0.25, 0.3) is 11.2 Å². The van der Waals surface area contributed by atoms with Crippen molar-refractivity contribution in [2.75, 3.05) is 23.7 Å². The second-order valence-electron chi connectivity index (χ2n) is 8.14. The van der Waals surface area contributed by atoms with Crippen LogP contribution in [0.1, 0.15) is 57.7 Å². The number of hydrogen-bond acceptors (Lipinski definition) is 6. The van der Waals surface area contributed by atoms with Gasteiger partial charge in [0.15, 0.2) is 5.65 Å². The Kier molecular flexibility index (Phi) is 7.78. The fraction of sp³-hybridized carbons (Fsp3) is 0.522. The van der Waals surface area contributed by atoms with Crippen molar-refractivity contribution in [3.05, 3.63) is 35.5 Å². The van der Waals surface area contributed by atoms with Crippen LogP contribution in [0.4, 0.5) is 30.8 Å². The molecule has 1 aromatic carbocycles. The van der Waals surface area contributed by atoms with Crippen LogP contribution in [-0.2, 0) is 6.18 Å². The molecule has 0 saturated carbocycles. The van der Waals surface area contributed by atoms with Crippen LogP contribution in [0, 0.1) is 6.92 Å². The number of anilines is 3. The molecule has 0 bridgehead atoms. The van der Waals surface area contributed by atoms with E-state index in [1.54, 1.807) is 12.3 Å². The van der Waals surface area contributed by atoms with Gasteiger partial charge in [0.2, 0.25) is 11.9 Å². The van der Waals surface area contributed by atoms with Crippen LogP contribution >= 0.6 is 0 Å². The number of nitrogens with zero attached hydrogens (tertiary/aromatic N) is 4. The van der Waals surface area contributed by atoms with Gasteiger partial charge < -0.3 is 16.0 Å². The molecule has 1 saturated heterocycles. The van der Waals surface area contributed by atoms with Gasteiger partial charge >= 0.3 is 6.18 Å². The van der Waals surface area contributed by atoms with Crippen LogP contribution in [-0.4, -0.2) is 38.7 Å². The molecule has 0 spiro atoms. The molecule has 180 valence electrons. The number of alkyl halides is 3. The maximum absolute atomic E-state index is 13.4. The van der Waals surface area contributed by atoms with E-state index in [0.29, 0.717) is 28.7 Å². The topological polar surface area (TPSA) is 79.7 Å². The van der Waals surface area contributed by atoms with E-state index in [9.17, 15) is 13.2 Å². The predicted octanol–water partition coefficient (Wildman–Crippen LogP) is 5.67. The summed E-state index contributed by atoms with van der Waals surface area (Å²) >= 11 is 0. The number of rotatable bonds is 5. The third-order valence-electron chi connectivity index (χ3n) is 5.32. The predicted molar refractivity (Wildman–Crippen MR) is 126 cm³/mol. The number of imidazole rings is 1. The lowest BCUT2D eigenvalue weighted by Crippen LogP contribution is -2.30. The number of hydrogen-bond donors (Lipinski definition) is 3. The minimum atomic E-state index is -4.42. The molecule has 0 radical (unpaired) electrons. The monoisotopic (exact) mass is 463 g/mol. The first-order valence-electron chi connectivity index (χ1n) is 11.4. The highest BCUT2D eigenvalue weighted by Crippen LogP contribution is 2.35. The van der Waals surface area contributed by atoms with E-state index in [-0.39, 0.29) is 17.6 Å². The molecule has 3 aromatic rings. The molecule has 3 heterocycles. The Bertz CT molecular complexity index is 1070. The Balaban J connectivity index is 0.00000149. The second kappa shape index (κ2) is 10.4.